The van der Waals surface area contributed by atoms with Crippen molar-refractivity contribution < 1.29 is 32.3 Å². The normalized spacial score (nSPS) is 10.2. The van der Waals surface area contributed by atoms with Gasteiger partial charge in [0.15, 0.2) is 24.0 Å². The van der Waals surface area contributed by atoms with Crippen molar-refractivity contribution in [1.82, 2.24) is 5.32 Å². The van der Waals surface area contributed by atoms with Crippen LogP contribution < -0.4 is 15.4 Å². The smallest absolute Gasteiger partial charge is 0.258 e. The predicted molar refractivity (Wildman–Crippen MR) is 89.9 cm³/mol. The van der Waals surface area contributed by atoms with Gasteiger partial charge >= 0.3 is 0 Å². The molecule has 6 nitrogen and oxygen atoms in total. The Morgan fingerprint density at radius 1 is 0.926 bits per heavy atom. The monoisotopic (exact) mass is 380 g/mol. The standard InChI is InChI=1S/C18H15F3N2O4/c1-10(24)13-4-3-12(7-15(13)20)27-9-18(26)22-8-17(25)23-11-2-5-14(19)16(21)6-11/h2-7H,8-9H2,1H3,(H,22,26)(H,23,25). The molecule has 2 amide bonds. The summed E-state index contributed by atoms with van der Waals surface area (Å²) in [5, 5.41) is 4.53. The Kier molecular flexibility index (Phi) is 6.53. The Morgan fingerprint density at radius 3 is 2.30 bits per heavy atom. The van der Waals surface area contributed by atoms with Crippen molar-refractivity contribution in [2.75, 3.05) is 18.5 Å². The summed E-state index contributed by atoms with van der Waals surface area (Å²) in [6, 6.07) is 6.37. The lowest BCUT2D eigenvalue weighted by Crippen LogP contribution is -2.35. The SMILES string of the molecule is CC(=O)c1ccc(OCC(=O)NCC(=O)Nc2ccc(F)c(F)c2)cc1F. The third-order valence-electron chi connectivity index (χ3n) is 3.34. The average Bonchev–Trinajstić information content (AvgIpc) is 2.61. The van der Waals surface area contributed by atoms with Gasteiger partial charge < -0.3 is 15.4 Å². The number of ether oxygens (including phenoxy) is 1. The van der Waals surface area contributed by atoms with Crippen LogP contribution in [0.3, 0.4) is 0 Å². The molecule has 0 aliphatic heterocycles. The Labute approximate surface area is 152 Å². The van der Waals surface area contributed by atoms with Gasteiger partial charge in [-0.25, -0.2) is 13.2 Å². The molecule has 0 aromatic heterocycles. The first-order valence-electron chi connectivity index (χ1n) is 7.71. The Bertz CT molecular complexity index is 887. The maximum atomic E-state index is 13.6. The summed E-state index contributed by atoms with van der Waals surface area (Å²) in [4.78, 5) is 34.5. The highest BCUT2D eigenvalue weighted by Crippen LogP contribution is 2.17. The highest BCUT2D eigenvalue weighted by atomic mass is 19.2. The van der Waals surface area contributed by atoms with Gasteiger partial charge in [-0.15, -0.1) is 0 Å². The first-order valence-corrected chi connectivity index (χ1v) is 7.71. The van der Waals surface area contributed by atoms with Gasteiger partial charge in [-0.2, -0.15) is 0 Å². The predicted octanol–water partition coefficient (Wildman–Crippen LogP) is 2.44. The molecule has 0 heterocycles. The fourth-order valence-electron chi connectivity index (χ4n) is 2.03. The number of amides is 2. The van der Waals surface area contributed by atoms with Crippen LogP contribution in [0.25, 0.3) is 0 Å². The molecular formula is C18H15F3N2O4. The molecule has 0 aliphatic rings. The highest BCUT2D eigenvalue weighted by molar-refractivity contribution is 5.95. The molecule has 142 valence electrons. The molecule has 27 heavy (non-hydrogen) atoms. The van der Waals surface area contributed by atoms with Gasteiger partial charge in [0, 0.05) is 17.8 Å². The first-order chi connectivity index (χ1) is 12.8. The quantitative estimate of drug-likeness (QED) is 0.723. The molecule has 0 unspecified atom stereocenters. The number of hydrogen-bond donors (Lipinski definition) is 2. The molecule has 2 N–H and O–H groups in total. The van der Waals surface area contributed by atoms with Crippen LogP contribution in [0.1, 0.15) is 17.3 Å². The zero-order valence-electron chi connectivity index (χ0n) is 14.1. The Morgan fingerprint density at radius 2 is 1.67 bits per heavy atom. The molecule has 0 radical (unpaired) electrons. The maximum absolute atomic E-state index is 13.6. The van der Waals surface area contributed by atoms with Crippen molar-refractivity contribution in [3.8, 4) is 5.75 Å². The second-order valence-corrected chi connectivity index (χ2v) is 5.44. The van der Waals surface area contributed by atoms with Crippen LogP contribution in [0, 0.1) is 17.5 Å². The molecule has 2 rings (SSSR count). The van der Waals surface area contributed by atoms with Crippen LogP contribution in [-0.4, -0.2) is 30.7 Å². The molecule has 2 aromatic rings. The topological polar surface area (TPSA) is 84.5 Å². The van der Waals surface area contributed by atoms with E-state index in [1.54, 1.807) is 0 Å². The fraction of sp³-hybridized carbons (Fsp3) is 0.167. The van der Waals surface area contributed by atoms with Crippen molar-refractivity contribution in [3.05, 3.63) is 59.4 Å². The number of carbonyl (C=O) groups excluding carboxylic acids is 3. The number of halogens is 3. The van der Waals surface area contributed by atoms with Gasteiger partial charge in [-0.3, -0.25) is 14.4 Å². The lowest BCUT2D eigenvalue weighted by atomic mass is 10.1. The van der Waals surface area contributed by atoms with E-state index in [4.69, 9.17) is 4.74 Å². The van der Waals surface area contributed by atoms with Gasteiger partial charge in [0.1, 0.15) is 11.6 Å². The van der Waals surface area contributed by atoms with Gasteiger partial charge in [-0.05, 0) is 31.2 Å². The second-order valence-electron chi connectivity index (χ2n) is 5.44. The maximum Gasteiger partial charge on any atom is 0.258 e. The number of ketones is 1. The van der Waals surface area contributed by atoms with E-state index in [1.807, 2.05) is 0 Å². The summed E-state index contributed by atoms with van der Waals surface area (Å²) in [6.07, 6.45) is 0. The van der Waals surface area contributed by atoms with Crippen LogP contribution in [0.2, 0.25) is 0 Å². The minimum atomic E-state index is -1.12. The van der Waals surface area contributed by atoms with Crippen molar-refractivity contribution in [1.29, 1.82) is 0 Å². The van der Waals surface area contributed by atoms with Crippen LogP contribution in [-0.2, 0) is 9.59 Å². The van der Waals surface area contributed by atoms with E-state index in [-0.39, 0.29) is 17.0 Å². The van der Waals surface area contributed by atoms with Gasteiger partial charge in [0.25, 0.3) is 5.91 Å². The minimum Gasteiger partial charge on any atom is -0.484 e. The minimum absolute atomic E-state index is 0.0328. The summed E-state index contributed by atoms with van der Waals surface area (Å²) in [7, 11) is 0. The molecular weight excluding hydrogens is 365 g/mol. The molecule has 0 saturated heterocycles. The van der Waals surface area contributed by atoms with Crippen molar-refractivity contribution in [2.45, 2.75) is 6.92 Å². The molecule has 0 saturated carbocycles. The number of nitrogens with one attached hydrogen (secondary N) is 2. The van der Waals surface area contributed by atoms with E-state index in [0.717, 1.165) is 18.2 Å². The van der Waals surface area contributed by atoms with Gasteiger partial charge in [0.2, 0.25) is 5.91 Å². The van der Waals surface area contributed by atoms with E-state index >= 15 is 0 Å². The van der Waals surface area contributed by atoms with Crippen molar-refractivity contribution in [3.63, 3.8) is 0 Å². The summed E-state index contributed by atoms with van der Waals surface area (Å²) in [6.45, 7) is 0.300. The van der Waals surface area contributed by atoms with Crippen LogP contribution in [0.15, 0.2) is 36.4 Å². The molecule has 0 aliphatic carbocycles. The number of Topliss-reactive ketones (excluding diaryl/α,β-unsaturated/α-hetero) is 1. The number of anilines is 1. The largest absolute Gasteiger partial charge is 0.484 e. The van der Waals surface area contributed by atoms with E-state index in [2.05, 4.69) is 10.6 Å². The van der Waals surface area contributed by atoms with Crippen LogP contribution >= 0.6 is 0 Å². The second kappa shape index (κ2) is 8.84. The third kappa shape index (κ3) is 5.84. The average molecular weight is 380 g/mol. The van der Waals surface area contributed by atoms with E-state index in [1.165, 1.54) is 25.1 Å². The van der Waals surface area contributed by atoms with E-state index in [0.29, 0.717) is 0 Å². The molecule has 2 aromatic carbocycles. The zero-order chi connectivity index (χ0) is 20.0. The van der Waals surface area contributed by atoms with Crippen LogP contribution in [0.4, 0.5) is 18.9 Å². The summed E-state index contributed by atoms with van der Waals surface area (Å²) in [5.41, 5.74) is -0.0638. The number of carbonyl (C=O) groups is 3. The highest BCUT2D eigenvalue weighted by Gasteiger charge is 2.11. The molecule has 0 spiro atoms. The molecule has 0 bridgehead atoms. The first kappa shape index (κ1) is 20.0. The molecule has 0 atom stereocenters. The zero-order valence-corrected chi connectivity index (χ0v) is 14.1. The number of rotatable bonds is 7. The van der Waals surface area contributed by atoms with Crippen molar-refractivity contribution >= 4 is 23.3 Å². The van der Waals surface area contributed by atoms with Crippen LogP contribution in [0.5, 0.6) is 5.75 Å². The van der Waals surface area contributed by atoms with Gasteiger partial charge in [0.05, 0.1) is 12.1 Å². The third-order valence-corrected chi connectivity index (χ3v) is 3.34. The summed E-state index contributed by atoms with van der Waals surface area (Å²) >= 11 is 0. The molecule has 0 fully saturated rings. The summed E-state index contributed by atoms with van der Waals surface area (Å²) < 4.78 is 44.6. The summed E-state index contributed by atoms with van der Waals surface area (Å²) in [5.74, 6) is -4.66. The fourth-order valence-corrected chi connectivity index (χ4v) is 2.03. The van der Waals surface area contributed by atoms with E-state index < -0.39 is 48.2 Å². The lowest BCUT2D eigenvalue weighted by Gasteiger charge is -2.09. The Hall–Kier alpha value is -3.36. The van der Waals surface area contributed by atoms with Gasteiger partial charge in [-0.1, -0.05) is 0 Å². The Balaban J connectivity index is 1.78. The van der Waals surface area contributed by atoms with E-state index in [9.17, 15) is 27.6 Å². The molecule has 9 heteroatoms. The number of benzene rings is 2. The number of hydrogen-bond acceptors (Lipinski definition) is 4. The lowest BCUT2D eigenvalue weighted by molar-refractivity contribution is -0.125. The van der Waals surface area contributed by atoms with Crippen molar-refractivity contribution in [2.24, 2.45) is 0 Å².